The summed E-state index contributed by atoms with van der Waals surface area (Å²) in [5.41, 5.74) is -5.87. The summed E-state index contributed by atoms with van der Waals surface area (Å²) in [6, 6.07) is 3.60. The zero-order chi connectivity index (χ0) is 33.0. The van der Waals surface area contributed by atoms with Gasteiger partial charge in [0.2, 0.25) is 5.91 Å². The van der Waals surface area contributed by atoms with Crippen LogP contribution in [-0.4, -0.2) is 64.4 Å². The zero-order valence-corrected chi connectivity index (χ0v) is 24.5. The summed E-state index contributed by atoms with van der Waals surface area (Å²) in [6.07, 6.45) is -2.88. The molecule has 1 aliphatic heterocycles. The Morgan fingerprint density at radius 3 is 2.47 bits per heavy atom. The standard InChI is InChI=1S/C28H24F5N7O4S/c1-4-20(41)38-10-11-39(15(3)13-38)24-16-12-19(30)22(21-17(28(31,32)33)6-5-7-18(21)29)36-25(16)40(27(42)37-24)23-14(2)8-9-35-26(23)45(34,43)44/h4-9,12,15H,1,10-11,13H2,2-3H3,(H2,34,43,44)/t15-/m0/s1. The number of aromatic nitrogens is 4. The number of sulfonamides is 1. The van der Waals surface area contributed by atoms with Gasteiger partial charge in [-0.1, -0.05) is 12.6 Å². The molecule has 1 saturated heterocycles. The van der Waals surface area contributed by atoms with Crippen LogP contribution in [0.5, 0.6) is 0 Å². The summed E-state index contributed by atoms with van der Waals surface area (Å²) in [4.78, 5) is 41.0. The van der Waals surface area contributed by atoms with Crippen molar-refractivity contribution in [3.63, 3.8) is 0 Å². The highest BCUT2D eigenvalue weighted by atomic mass is 32.2. The van der Waals surface area contributed by atoms with Crippen LogP contribution in [0.25, 0.3) is 28.0 Å². The van der Waals surface area contributed by atoms with E-state index in [4.69, 9.17) is 5.14 Å². The molecule has 0 radical (unpaired) electrons. The maximum Gasteiger partial charge on any atom is 0.417 e. The fraction of sp³-hybridized carbons (Fsp3) is 0.250. The Hall–Kier alpha value is -4.77. The number of carbonyl (C=O) groups is 1. The molecule has 0 aliphatic carbocycles. The van der Waals surface area contributed by atoms with Crippen LogP contribution in [0.2, 0.25) is 0 Å². The van der Waals surface area contributed by atoms with Crippen LogP contribution in [-0.2, 0) is 21.0 Å². The third-order valence-electron chi connectivity index (χ3n) is 7.33. The number of anilines is 1. The zero-order valence-electron chi connectivity index (χ0n) is 23.6. The van der Waals surface area contributed by atoms with E-state index in [1.165, 1.54) is 17.9 Å². The number of alkyl halides is 3. The second kappa shape index (κ2) is 11.3. The quantitative estimate of drug-likeness (QED) is 0.256. The van der Waals surface area contributed by atoms with Crippen LogP contribution in [0.3, 0.4) is 0 Å². The number of carbonyl (C=O) groups excluding carboxylic acids is 1. The van der Waals surface area contributed by atoms with Crippen molar-refractivity contribution in [2.45, 2.75) is 31.1 Å². The maximum atomic E-state index is 15.9. The van der Waals surface area contributed by atoms with Gasteiger partial charge in [0, 0.05) is 31.9 Å². The first kappa shape index (κ1) is 31.6. The van der Waals surface area contributed by atoms with E-state index in [2.05, 4.69) is 21.5 Å². The highest BCUT2D eigenvalue weighted by Gasteiger charge is 2.37. The molecule has 5 rings (SSSR count). The summed E-state index contributed by atoms with van der Waals surface area (Å²) in [5.74, 6) is -3.32. The van der Waals surface area contributed by atoms with Gasteiger partial charge in [-0.05, 0) is 49.8 Å². The third-order valence-corrected chi connectivity index (χ3v) is 8.17. The molecule has 1 fully saturated rings. The van der Waals surface area contributed by atoms with Crippen molar-refractivity contribution in [2.75, 3.05) is 24.5 Å². The molecule has 11 nitrogen and oxygen atoms in total. The van der Waals surface area contributed by atoms with Crippen LogP contribution in [0.1, 0.15) is 18.1 Å². The van der Waals surface area contributed by atoms with Gasteiger partial charge in [-0.25, -0.2) is 41.7 Å². The van der Waals surface area contributed by atoms with Gasteiger partial charge in [0.25, 0.3) is 10.0 Å². The van der Waals surface area contributed by atoms with Crippen molar-refractivity contribution < 1.29 is 35.2 Å². The summed E-state index contributed by atoms with van der Waals surface area (Å²) < 4.78 is 98.5. The molecule has 1 amide bonds. The van der Waals surface area contributed by atoms with Gasteiger partial charge < -0.3 is 9.80 Å². The Balaban J connectivity index is 1.89. The van der Waals surface area contributed by atoms with Gasteiger partial charge in [0.05, 0.1) is 22.2 Å². The molecule has 4 heterocycles. The van der Waals surface area contributed by atoms with E-state index in [-0.39, 0.29) is 42.3 Å². The number of primary sulfonamides is 1. The van der Waals surface area contributed by atoms with Crippen LogP contribution in [0.15, 0.2) is 59.0 Å². The number of amides is 1. The molecule has 236 valence electrons. The van der Waals surface area contributed by atoms with E-state index in [0.29, 0.717) is 16.7 Å². The minimum atomic E-state index is -5.12. The van der Waals surface area contributed by atoms with E-state index in [1.807, 2.05) is 0 Å². The summed E-state index contributed by atoms with van der Waals surface area (Å²) in [5, 5.41) is 4.36. The number of hydrogen-bond donors (Lipinski definition) is 1. The molecule has 0 saturated carbocycles. The lowest BCUT2D eigenvalue weighted by Gasteiger charge is -2.40. The fourth-order valence-electron chi connectivity index (χ4n) is 5.31. The highest BCUT2D eigenvalue weighted by Crippen LogP contribution is 2.40. The molecule has 3 aromatic heterocycles. The Morgan fingerprint density at radius 1 is 1.13 bits per heavy atom. The molecular weight excluding hydrogens is 625 g/mol. The normalized spacial score (nSPS) is 15.9. The van der Waals surface area contributed by atoms with Crippen LogP contribution in [0.4, 0.5) is 27.8 Å². The first-order valence-electron chi connectivity index (χ1n) is 13.2. The number of aryl methyl sites for hydroxylation is 1. The van der Waals surface area contributed by atoms with Gasteiger partial charge in [0.15, 0.2) is 16.5 Å². The Morgan fingerprint density at radius 2 is 1.84 bits per heavy atom. The number of halogens is 5. The van der Waals surface area contributed by atoms with Crippen LogP contribution in [0, 0.1) is 18.6 Å². The van der Waals surface area contributed by atoms with E-state index < -0.39 is 72.7 Å². The maximum absolute atomic E-state index is 15.9. The van der Waals surface area contributed by atoms with E-state index >= 15 is 8.78 Å². The van der Waals surface area contributed by atoms with Gasteiger partial charge in [0.1, 0.15) is 17.3 Å². The monoisotopic (exact) mass is 649 g/mol. The molecule has 17 heteroatoms. The van der Waals surface area contributed by atoms with Crippen LogP contribution >= 0.6 is 0 Å². The second-order valence-electron chi connectivity index (χ2n) is 10.3. The van der Waals surface area contributed by atoms with Crippen molar-refractivity contribution in [1.29, 1.82) is 0 Å². The molecule has 0 bridgehead atoms. The van der Waals surface area contributed by atoms with Gasteiger partial charge in [-0.15, -0.1) is 0 Å². The van der Waals surface area contributed by atoms with Gasteiger partial charge >= 0.3 is 11.9 Å². The number of benzene rings is 1. The molecule has 4 aromatic rings. The average molecular weight is 650 g/mol. The molecule has 0 unspecified atom stereocenters. The average Bonchev–Trinajstić information content (AvgIpc) is 2.96. The summed E-state index contributed by atoms with van der Waals surface area (Å²) in [6.45, 7) is 6.95. The first-order chi connectivity index (χ1) is 21.0. The smallest absolute Gasteiger partial charge is 0.350 e. The molecule has 0 spiro atoms. The topological polar surface area (TPSA) is 144 Å². The van der Waals surface area contributed by atoms with Gasteiger partial charge in [-0.3, -0.25) is 4.79 Å². The summed E-state index contributed by atoms with van der Waals surface area (Å²) >= 11 is 0. The Kier molecular flexibility index (Phi) is 7.95. The lowest BCUT2D eigenvalue weighted by Crippen LogP contribution is -2.54. The predicted molar refractivity (Wildman–Crippen MR) is 153 cm³/mol. The Labute approximate surface area is 252 Å². The van der Waals surface area contributed by atoms with Crippen molar-refractivity contribution in [2.24, 2.45) is 5.14 Å². The number of hydrogen-bond acceptors (Lipinski definition) is 8. The molecule has 2 N–H and O–H groups in total. The lowest BCUT2D eigenvalue weighted by atomic mass is 10.0. The molecule has 1 aliphatic rings. The number of piperazine rings is 1. The van der Waals surface area contributed by atoms with Crippen LogP contribution < -0.4 is 15.7 Å². The fourth-order valence-corrected chi connectivity index (χ4v) is 6.04. The minimum absolute atomic E-state index is 0.0928. The Bertz CT molecular complexity index is 2050. The first-order valence-corrected chi connectivity index (χ1v) is 14.7. The molecular formula is C28H24F5N7O4S. The molecule has 45 heavy (non-hydrogen) atoms. The van der Waals surface area contributed by atoms with Crippen molar-refractivity contribution >= 4 is 32.8 Å². The SMILES string of the molecule is C=CC(=O)N1CCN(c2nc(=O)n(-c3c(C)ccnc3S(N)(=O)=O)c3nc(-c4c(F)cccc4C(F)(F)F)c(F)cc23)[C@@H](C)C1. The largest absolute Gasteiger partial charge is 0.417 e. The van der Waals surface area contributed by atoms with E-state index in [9.17, 15) is 31.2 Å². The second-order valence-corrected chi connectivity index (χ2v) is 11.7. The van der Waals surface area contributed by atoms with E-state index in [1.54, 1.807) is 11.8 Å². The highest BCUT2D eigenvalue weighted by molar-refractivity contribution is 7.89. The lowest BCUT2D eigenvalue weighted by molar-refractivity contribution is -0.137. The summed E-state index contributed by atoms with van der Waals surface area (Å²) in [7, 11) is -4.61. The number of nitrogens with zero attached hydrogens (tertiary/aromatic N) is 6. The molecule has 1 aromatic carbocycles. The number of fused-ring (bicyclic) bond motifs is 1. The molecule has 1 atom stereocenters. The third kappa shape index (κ3) is 5.64. The number of rotatable bonds is 5. The van der Waals surface area contributed by atoms with Crippen molar-refractivity contribution in [1.82, 2.24) is 24.4 Å². The number of pyridine rings is 2. The van der Waals surface area contributed by atoms with Gasteiger partial charge in [-0.2, -0.15) is 18.2 Å². The van der Waals surface area contributed by atoms with Crippen molar-refractivity contribution in [3.05, 3.63) is 82.4 Å². The number of nitrogens with two attached hydrogens (primary N) is 1. The predicted octanol–water partition coefficient (Wildman–Crippen LogP) is 3.32. The van der Waals surface area contributed by atoms with Crippen molar-refractivity contribution in [3.8, 4) is 16.9 Å². The van der Waals surface area contributed by atoms with E-state index in [0.717, 1.165) is 24.4 Å². The minimum Gasteiger partial charge on any atom is -0.350 e.